The first-order chi connectivity index (χ1) is 8.31. The van der Waals surface area contributed by atoms with Gasteiger partial charge in [0.05, 0.1) is 10.5 Å². The van der Waals surface area contributed by atoms with Crippen molar-refractivity contribution < 1.29 is 9.53 Å². The van der Waals surface area contributed by atoms with Crippen LogP contribution in [-0.2, 0) is 4.79 Å². The Morgan fingerprint density at radius 1 is 1.39 bits per heavy atom. The molecule has 98 valence electrons. The lowest BCUT2D eigenvalue weighted by Crippen LogP contribution is -2.53. The molecule has 18 heavy (non-hydrogen) atoms. The monoisotopic (exact) mass is 266 g/mol. The second-order valence-corrected chi connectivity index (χ2v) is 5.08. The lowest BCUT2D eigenvalue weighted by atomic mass is 10.1. The molecule has 0 aromatic heterocycles. The summed E-state index contributed by atoms with van der Waals surface area (Å²) in [4.78, 5) is 11.9. The fraction of sp³-hybridized carbons (Fsp3) is 0.385. The van der Waals surface area contributed by atoms with E-state index in [4.69, 9.17) is 22.7 Å². The number of carbonyl (C=O) groups excluding carboxylic acids is 1. The van der Waals surface area contributed by atoms with Crippen LogP contribution in [0.15, 0.2) is 24.3 Å². The van der Waals surface area contributed by atoms with E-state index in [0.29, 0.717) is 5.75 Å². The Kier molecular flexibility index (Phi) is 4.67. The Hall–Kier alpha value is -1.62. The molecule has 1 amide bonds. The van der Waals surface area contributed by atoms with Crippen molar-refractivity contribution >= 4 is 23.1 Å². The van der Waals surface area contributed by atoms with Gasteiger partial charge in [0, 0.05) is 0 Å². The predicted molar refractivity (Wildman–Crippen MR) is 75.7 cm³/mol. The zero-order valence-corrected chi connectivity index (χ0v) is 11.6. The number of hydrogen-bond acceptors (Lipinski definition) is 3. The second-order valence-electron chi connectivity index (χ2n) is 4.64. The number of carbonyl (C=O) groups is 1. The molecule has 1 aromatic rings. The van der Waals surface area contributed by atoms with Gasteiger partial charge in [-0.15, -0.1) is 0 Å². The van der Waals surface area contributed by atoms with Crippen molar-refractivity contribution in [3.63, 3.8) is 0 Å². The summed E-state index contributed by atoms with van der Waals surface area (Å²) in [6.45, 7) is 5.43. The fourth-order valence-electron chi connectivity index (χ4n) is 1.23. The van der Waals surface area contributed by atoms with Crippen LogP contribution in [0.25, 0.3) is 0 Å². The molecular weight excluding hydrogens is 248 g/mol. The minimum Gasteiger partial charge on any atom is -0.484 e. The van der Waals surface area contributed by atoms with Gasteiger partial charge in [-0.25, -0.2) is 0 Å². The Balaban J connectivity index is 2.47. The largest absolute Gasteiger partial charge is 0.484 e. The highest BCUT2D eigenvalue weighted by Gasteiger charge is 2.23. The van der Waals surface area contributed by atoms with Crippen molar-refractivity contribution in [2.75, 3.05) is 6.61 Å². The van der Waals surface area contributed by atoms with Gasteiger partial charge < -0.3 is 15.8 Å². The van der Waals surface area contributed by atoms with Crippen LogP contribution in [0.3, 0.4) is 0 Å². The molecule has 1 rings (SSSR count). The van der Waals surface area contributed by atoms with Gasteiger partial charge in [-0.1, -0.05) is 29.9 Å². The zero-order chi connectivity index (χ0) is 13.8. The van der Waals surface area contributed by atoms with Gasteiger partial charge in [0.1, 0.15) is 5.75 Å². The van der Waals surface area contributed by atoms with Gasteiger partial charge in [0.25, 0.3) is 5.91 Å². The average molecular weight is 266 g/mol. The molecule has 0 radical (unpaired) electrons. The van der Waals surface area contributed by atoms with E-state index in [9.17, 15) is 4.79 Å². The average Bonchev–Trinajstić information content (AvgIpc) is 2.27. The van der Waals surface area contributed by atoms with Crippen molar-refractivity contribution in [3.05, 3.63) is 29.8 Å². The Bertz CT molecular complexity index is 441. The fourth-order valence-corrected chi connectivity index (χ4v) is 1.28. The molecule has 5 heteroatoms. The minimum absolute atomic E-state index is 0.0604. The first-order valence-electron chi connectivity index (χ1n) is 5.61. The third kappa shape index (κ3) is 4.33. The second kappa shape index (κ2) is 5.82. The van der Waals surface area contributed by atoms with Crippen LogP contribution in [0.4, 0.5) is 0 Å². The topological polar surface area (TPSA) is 64.3 Å². The first-order valence-corrected chi connectivity index (χ1v) is 6.02. The van der Waals surface area contributed by atoms with Gasteiger partial charge >= 0.3 is 0 Å². The van der Waals surface area contributed by atoms with Gasteiger partial charge in [0.2, 0.25) is 0 Å². The number of ether oxygens (including phenoxy) is 1. The number of thiocarbonyl (C=S) groups is 1. The molecule has 0 spiro atoms. The molecule has 0 aliphatic heterocycles. The summed E-state index contributed by atoms with van der Waals surface area (Å²) in [6, 6.07) is 7.49. The zero-order valence-electron chi connectivity index (χ0n) is 10.8. The number of amides is 1. The summed E-state index contributed by atoms with van der Waals surface area (Å²) in [5, 5.41) is 2.71. The number of rotatable bonds is 5. The maximum absolute atomic E-state index is 11.7. The Morgan fingerprint density at radius 2 is 1.94 bits per heavy atom. The van der Waals surface area contributed by atoms with E-state index >= 15 is 0 Å². The predicted octanol–water partition coefficient (Wildman–Crippen LogP) is 1.55. The highest BCUT2D eigenvalue weighted by Crippen LogP contribution is 2.11. The number of aryl methyl sites for hydroxylation is 1. The summed E-state index contributed by atoms with van der Waals surface area (Å²) in [5.41, 5.74) is 5.95. The molecule has 0 saturated carbocycles. The molecule has 0 saturated heterocycles. The maximum Gasteiger partial charge on any atom is 0.258 e. The molecule has 0 fully saturated rings. The van der Waals surface area contributed by atoms with Crippen LogP contribution >= 0.6 is 12.2 Å². The van der Waals surface area contributed by atoms with Gasteiger partial charge in [0.15, 0.2) is 6.61 Å². The van der Waals surface area contributed by atoms with Crippen molar-refractivity contribution in [3.8, 4) is 5.75 Å². The van der Waals surface area contributed by atoms with E-state index in [1.807, 2.05) is 31.2 Å². The summed E-state index contributed by atoms with van der Waals surface area (Å²) in [6.07, 6.45) is 0. The van der Waals surface area contributed by atoms with Gasteiger partial charge in [-0.05, 0) is 32.9 Å². The summed E-state index contributed by atoms with van der Waals surface area (Å²) in [5.74, 6) is 0.400. The quantitative estimate of drug-likeness (QED) is 0.794. The van der Waals surface area contributed by atoms with E-state index in [0.717, 1.165) is 5.56 Å². The lowest BCUT2D eigenvalue weighted by Gasteiger charge is -2.24. The molecule has 0 atom stereocenters. The van der Waals surface area contributed by atoms with Crippen LogP contribution < -0.4 is 15.8 Å². The third-order valence-corrected chi connectivity index (χ3v) is 2.97. The minimum atomic E-state index is -0.705. The smallest absolute Gasteiger partial charge is 0.258 e. The molecule has 4 nitrogen and oxygen atoms in total. The molecule has 0 aliphatic carbocycles. The molecule has 3 N–H and O–H groups in total. The van der Waals surface area contributed by atoms with E-state index in [1.165, 1.54) is 0 Å². The van der Waals surface area contributed by atoms with Crippen LogP contribution in [0.1, 0.15) is 19.4 Å². The van der Waals surface area contributed by atoms with Crippen LogP contribution in [0.5, 0.6) is 5.75 Å². The van der Waals surface area contributed by atoms with E-state index in [2.05, 4.69) is 5.32 Å². The van der Waals surface area contributed by atoms with Crippen LogP contribution in [0, 0.1) is 6.92 Å². The standard InChI is InChI=1S/C13H18N2O2S/c1-9-4-6-10(7-5-9)17-8-11(16)15-13(2,3)12(14)18/h4-7H,8H2,1-3H3,(H2,14,18)(H,15,16). The normalized spacial score (nSPS) is 10.8. The summed E-state index contributed by atoms with van der Waals surface area (Å²) < 4.78 is 5.35. The highest BCUT2D eigenvalue weighted by atomic mass is 32.1. The van der Waals surface area contributed by atoms with Crippen molar-refractivity contribution in [2.45, 2.75) is 26.3 Å². The molecular formula is C13H18N2O2S. The SMILES string of the molecule is Cc1ccc(OCC(=O)NC(C)(C)C(N)=S)cc1. The third-order valence-electron chi connectivity index (χ3n) is 2.46. The highest BCUT2D eigenvalue weighted by molar-refractivity contribution is 7.80. The maximum atomic E-state index is 11.7. The lowest BCUT2D eigenvalue weighted by molar-refractivity contribution is -0.124. The molecule has 0 unspecified atom stereocenters. The van der Waals surface area contributed by atoms with Gasteiger partial charge in [-0.2, -0.15) is 0 Å². The molecule has 1 aromatic carbocycles. The number of hydrogen-bond donors (Lipinski definition) is 2. The van der Waals surface area contributed by atoms with Crippen LogP contribution in [-0.4, -0.2) is 23.0 Å². The van der Waals surface area contributed by atoms with E-state index < -0.39 is 5.54 Å². The number of benzene rings is 1. The van der Waals surface area contributed by atoms with Crippen LogP contribution in [0.2, 0.25) is 0 Å². The Morgan fingerprint density at radius 3 is 2.44 bits per heavy atom. The van der Waals surface area contributed by atoms with E-state index in [1.54, 1.807) is 13.8 Å². The van der Waals surface area contributed by atoms with E-state index in [-0.39, 0.29) is 17.5 Å². The van der Waals surface area contributed by atoms with Crippen molar-refractivity contribution in [2.24, 2.45) is 5.73 Å². The molecule has 0 heterocycles. The Labute approximate surface area is 113 Å². The molecule has 0 bridgehead atoms. The van der Waals surface area contributed by atoms with Crippen molar-refractivity contribution in [1.29, 1.82) is 0 Å². The number of nitrogens with one attached hydrogen (secondary N) is 1. The first kappa shape index (κ1) is 14.4. The van der Waals surface area contributed by atoms with Gasteiger partial charge in [-0.3, -0.25) is 4.79 Å². The summed E-state index contributed by atoms with van der Waals surface area (Å²) in [7, 11) is 0. The molecule has 0 aliphatic rings. The summed E-state index contributed by atoms with van der Waals surface area (Å²) >= 11 is 4.86. The number of nitrogens with two attached hydrogens (primary N) is 1. The van der Waals surface area contributed by atoms with Crippen molar-refractivity contribution in [1.82, 2.24) is 5.32 Å².